The van der Waals surface area contributed by atoms with E-state index in [-0.39, 0.29) is 25.8 Å². The maximum absolute atomic E-state index is 12.2. The molecule has 3 rings (SSSR count). The maximum atomic E-state index is 12.2. The average molecular weight is 412 g/mol. The van der Waals surface area contributed by atoms with Crippen molar-refractivity contribution >= 4 is 29.2 Å². The van der Waals surface area contributed by atoms with Gasteiger partial charge in [-0.3, -0.25) is 19.8 Å². The topological polar surface area (TPSA) is 109 Å². The lowest BCUT2D eigenvalue weighted by atomic mass is 10.1. The number of benzene rings is 2. The number of urea groups is 1. The van der Waals surface area contributed by atoms with Gasteiger partial charge in [0, 0.05) is 17.4 Å². The van der Waals surface area contributed by atoms with Crippen LogP contribution in [0.4, 0.5) is 16.2 Å². The molecule has 0 saturated heterocycles. The molecule has 30 heavy (non-hydrogen) atoms. The first kappa shape index (κ1) is 21.1. The third-order valence-electron chi connectivity index (χ3n) is 4.38. The number of ether oxygens (including phenoxy) is 2. The molecule has 158 valence electrons. The second-order valence-electron chi connectivity index (χ2n) is 6.80. The molecular formula is C21H24N4O5. The molecule has 9 heteroatoms. The third kappa shape index (κ3) is 5.71. The minimum Gasteiger partial charge on any atom is -0.454 e. The highest BCUT2D eigenvalue weighted by atomic mass is 16.7. The van der Waals surface area contributed by atoms with E-state index in [4.69, 9.17) is 9.47 Å². The van der Waals surface area contributed by atoms with Gasteiger partial charge in [0.2, 0.25) is 18.6 Å². The fraction of sp³-hybridized carbons (Fsp3) is 0.286. The molecule has 0 spiro atoms. The number of nitrogens with one attached hydrogen (secondary N) is 3. The van der Waals surface area contributed by atoms with E-state index < -0.39 is 11.9 Å². The van der Waals surface area contributed by atoms with Crippen molar-refractivity contribution in [1.29, 1.82) is 0 Å². The van der Waals surface area contributed by atoms with Gasteiger partial charge in [-0.2, -0.15) is 0 Å². The lowest BCUT2D eigenvalue weighted by Crippen LogP contribution is -2.42. The van der Waals surface area contributed by atoms with Crippen molar-refractivity contribution in [3.63, 3.8) is 0 Å². The number of para-hydroxylation sites is 1. The Balaban J connectivity index is 1.43. The summed E-state index contributed by atoms with van der Waals surface area (Å²) in [6.07, 6.45) is 0.799. The first-order chi connectivity index (χ1) is 14.4. The standard InChI is InChI=1S/C21H24N4O5/c1-3-14-6-4-5-7-16(14)23-19(26)11-25(2)12-20(27)24-21(28)22-15-8-9-17-18(10-15)30-13-29-17/h4-10H,3,11-13H2,1-2H3,(H,23,26)(H2,22,24,27,28). The zero-order valence-corrected chi connectivity index (χ0v) is 16.9. The molecule has 0 saturated carbocycles. The summed E-state index contributed by atoms with van der Waals surface area (Å²) in [5.74, 6) is 0.349. The SMILES string of the molecule is CCc1ccccc1NC(=O)CN(C)CC(=O)NC(=O)Nc1ccc2c(c1)OCO2. The number of hydrogen-bond acceptors (Lipinski definition) is 6. The van der Waals surface area contributed by atoms with Gasteiger partial charge in [0.15, 0.2) is 11.5 Å². The van der Waals surface area contributed by atoms with Crippen molar-refractivity contribution in [2.24, 2.45) is 0 Å². The Kier molecular flexibility index (Phi) is 6.87. The van der Waals surface area contributed by atoms with Crippen molar-refractivity contribution in [2.45, 2.75) is 13.3 Å². The predicted octanol–water partition coefficient (Wildman–Crippen LogP) is 2.20. The Bertz CT molecular complexity index is 947. The van der Waals surface area contributed by atoms with Crippen LogP contribution in [0.3, 0.4) is 0 Å². The summed E-state index contributed by atoms with van der Waals surface area (Å²) in [4.78, 5) is 37.9. The van der Waals surface area contributed by atoms with Crippen molar-refractivity contribution in [3.05, 3.63) is 48.0 Å². The molecule has 4 amide bonds. The van der Waals surface area contributed by atoms with Gasteiger partial charge in [0.1, 0.15) is 0 Å². The second kappa shape index (κ2) is 9.75. The number of fused-ring (bicyclic) bond motifs is 1. The van der Waals surface area contributed by atoms with Crippen LogP contribution in [-0.2, 0) is 16.0 Å². The molecule has 0 unspecified atom stereocenters. The summed E-state index contributed by atoms with van der Waals surface area (Å²) in [6, 6.07) is 11.8. The molecule has 1 aliphatic heterocycles. The Morgan fingerprint density at radius 2 is 1.70 bits per heavy atom. The molecule has 1 heterocycles. The van der Waals surface area contributed by atoms with Gasteiger partial charge in [-0.05, 0) is 37.2 Å². The highest BCUT2D eigenvalue weighted by molar-refractivity contribution is 6.02. The average Bonchev–Trinajstić information content (AvgIpc) is 3.15. The number of likely N-dealkylation sites (N-methyl/N-ethyl adjacent to an activating group) is 1. The first-order valence-corrected chi connectivity index (χ1v) is 9.51. The molecule has 1 aliphatic rings. The van der Waals surface area contributed by atoms with Gasteiger partial charge in [-0.1, -0.05) is 25.1 Å². The number of amides is 4. The van der Waals surface area contributed by atoms with E-state index in [1.165, 1.54) is 4.90 Å². The highest BCUT2D eigenvalue weighted by Gasteiger charge is 2.16. The summed E-state index contributed by atoms with van der Waals surface area (Å²) >= 11 is 0. The van der Waals surface area contributed by atoms with Crippen LogP contribution >= 0.6 is 0 Å². The lowest BCUT2D eigenvalue weighted by Gasteiger charge is -2.16. The fourth-order valence-corrected chi connectivity index (χ4v) is 2.99. The zero-order valence-electron chi connectivity index (χ0n) is 16.9. The first-order valence-electron chi connectivity index (χ1n) is 9.51. The van der Waals surface area contributed by atoms with Gasteiger partial charge < -0.3 is 20.1 Å². The largest absolute Gasteiger partial charge is 0.454 e. The van der Waals surface area contributed by atoms with E-state index in [2.05, 4.69) is 16.0 Å². The van der Waals surface area contributed by atoms with Gasteiger partial charge in [-0.15, -0.1) is 0 Å². The van der Waals surface area contributed by atoms with Crippen molar-refractivity contribution in [2.75, 3.05) is 37.6 Å². The van der Waals surface area contributed by atoms with Crippen LogP contribution in [0.5, 0.6) is 11.5 Å². The molecular weight excluding hydrogens is 388 g/mol. The third-order valence-corrected chi connectivity index (χ3v) is 4.38. The monoisotopic (exact) mass is 412 g/mol. The normalized spacial score (nSPS) is 11.8. The molecule has 2 aromatic rings. The molecule has 2 aromatic carbocycles. The van der Waals surface area contributed by atoms with E-state index in [1.807, 2.05) is 31.2 Å². The Hall–Kier alpha value is -3.59. The Morgan fingerprint density at radius 1 is 0.967 bits per heavy atom. The van der Waals surface area contributed by atoms with Crippen LogP contribution in [0.2, 0.25) is 0 Å². The molecule has 0 aliphatic carbocycles. The molecule has 0 fully saturated rings. The van der Waals surface area contributed by atoms with E-state index in [1.54, 1.807) is 25.2 Å². The maximum Gasteiger partial charge on any atom is 0.325 e. The molecule has 0 radical (unpaired) electrons. The Morgan fingerprint density at radius 3 is 2.50 bits per heavy atom. The number of carbonyl (C=O) groups is 3. The number of imide groups is 1. The van der Waals surface area contributed by atoms with Gasteiger partial charge in [-0.25, -0.2) is 4.79 Å². The highest BCUT2D eigenvalue weighted by Crippen LogP contribution is 2.34. The second-order valence-corrected chi connectivity index (χ2v) is 6.80. The minimum absolute atomic E-state index is 0.00918. The fourth-order valence-electron chi connectivity index (χ4n) is 2.99. The summed E-state index contributed by atoms with van der Waals surface area (Å²) in [5.41, 5.74) is 2.25. The summed E-state index contributed by atoms with van der Waals surface area (Å²) in [6.45, 7) is 2.04. The number of aryl methyl sites for hydroxylation is 1. The van der Waals surface area contributed by atoms with E-state index >= 15 is 0 Å². The molecule has 0 aromatic heterocycles. The van der Waals surface area contributed by atoms with Gasteiger partial charge in [0.05, 0.1) is 13.1 Å². The minimum atomic E-state index is -0.673. The number of rotatable bonds is 7. The van der Waals surface area contributed by atoms with E-state index in [9.17, 15) is 14.4 Å². The van der Waals surface area contributed by atoms with E-state index in [0.29, 0.717) is 17.2 Å². The number of nitrogens with zero attached hydrogens (tertiary/aromatic N) is 1. The van der Waals surface area contributed by atoms with Crippen LogP contribution in [0.25, 0.3) is 0 Å². The molecule has 0 atom stereocenters. The smallest absolute Gasteiger partial charge is 0.325 e. The van der Waals surface area contributed by atoms with Gasteiger partial charge in [0.25, 0.3) is 0 Å². The van der Waals surface area contributed by atoms with Crippen LogP contribution in [0.1, 0.15) is 12.5 Å². The molecule has 0 bridgehead atoms. The van der Waals surface area contributed by atoms with Crippen molar-refractivity contribution in [1.82, 2.24) is 10.2 Å². The van der Waals surface area contributed by atoms with Crippen molar-refractivity contribution in [3.8, 4) is 11.5 Å². The Labute approximate surface area is 174 Å². The number of anilines is 2. The summed E-state index contributed by atoms with van der Waals surface area (Å²) < 4.78 is 10.4. The van der Waals surface area contributed by atoms with Crippen LogP contribution in [0.15, 0.2) is 42.5 Å². The predicted molar refractivity (Wildman–Crippen MR) is 112 cm³/mol. The zero-order chi connectivity index (χ0) is 21.5. The number of carbonyl (C=O) groups excluding carboxylic acids is 3. The van der Waals surface area contributed by atoms with Crippen LogP contribution in [0, 0.1) is 0 Å². The summed E-state index contributed by atoms with van der Waals surface area (Å²) in [7, 11) is 1.63. The molecule has 9 nitrogen and oxygen atoms in total. The summed E-state index contributed by atoms with van der Waals surface area (Å²) in [5, 5.41) is 7.64. The number of hydrogen-bond donors (Lipinski definition) is 3. The lowest BCUT2D eigenvalue weighted by molar-refractivity contribution is -0.122. The quantitative estimate of drug-likeness (QED) is 0.643. The van der Waals surface area contributed by atoms with Gasteiger partial charge >= 0.3 is 6.03 Å². The van der Waals surface area contributed by atoms with Crippen molar-refractivity contribution < 1.29 is 23.9 Å². The van der Waals surface area contributed by atoms with Crippen LogP contribution < -0.4 is 25.4 Å². The van der Waals surface area contributed by atoms with E-state index in [0.717, 1.165) is 17.7 Å². The van der Waals surface area contributed by atoms with Crippen LogP contribution in [-0.4, -0.2) is 49.7 Å². The molecule has 3 N–H and O–H groups in total.